The van der Waals surface area contributed by atoms with E-state index in [2.05, 4.69) is 4.98 Å². The standard InChI is InChI=1S/C13H20N2O2/c1-4-15(12(10(2)3)13(16)17)9-11-7-5-6-8-14-11/h5-8,10,12H,4,9H2,1-3H3,(H,16,17). The number of rotatable bonds is 6. The van der Waals surface area contributed by atoms with Gasteiger partial charge < -0.3 is 5.11 Å². The second-order valence-electron chi connectivity index (χ2n) is 4.41. The zero-order chi connectivity index (χ0) is 12.8. The van der Waals surface area contributed by atoms with Gasteiger partial charge in [0.1, 0.15) is 6.04 Å². The zero-order valence-corrected chi connectivity index (χ0v) is 10.6. The van der Waals surface area contributed by atoms with Gasteiger partial charge in [-0.3, -0.25) is 14.7 Å². The van der Waals surface area contributed by atoms with Crippen LogP contribution in [0.1, 0.15) is 26.5 Å². The van der Waals surface area contributed by atoms with E-state index in [1.54, 1.807) is 6.20 Å². The maximum Gasteiger partial charge on any atom is 0.321 e. The van der Waals surface area contributed by atoms with Gasteiger partial charge in [-0.05, 0) is 24.6 Å². The van der Waals surface area contributed by atoms with Crippen LogP contribution in [0.5, 0.6) is 0 Å². The van der Waals surface area contributed by atoms with E-state index in [-0.39, 0.29) is 5.92 Å². The van der Waals surface area contributed by atoms with Crippen molar-refractivity contribution in [2.75, 3.05) is 6.54 Å². The summed E-state index contributed by atoms with van der Waals surface area (Å²) in [6.07, 6.45) is 1.73. The monoisotopic (exact) mass is 236 g/mol. The molecule has 0 aromatic carbocycles. The Morgan fingerprint density at radius 2 is 2.18 bits per heavy atom. The Balaban J connectivity index is 2.80. The minimum Gasteiger partial charge on any atom is -0.480 e. The van der Waals surface area contributed by atoms with E-state index in [0.29, 0.717) is 13.1 Å². The summed E-state index contributed by atoms with van der Waals surface area (Å²) in [5, 5.41) is 9.26. The molecule has 0 spiro atoms. The minimum atomic E-state index is -0.766. The molecule has 4 nitrogen and oxygen atoms in total. The highest BCUT2D eigenvalue weighted by molar-refractivity contribution is 5.73. The van der Waals surface area contributed by atoms with E-state index in [9.17, 15) is 9.90 Å². The Kier molecular flexibility index (Phi) is 5.10. The Hall–Kier alpha value is -1.42. The predicted molar refractivity (Wildman–Crippen MR) is 66.6 cm³/mol. The van der Waals surface area contributed by atoms with E-state index >= 15 is 0 Å². The predicted octanol–water partition coefficient (Wildman–Crippen LogP) is 2.01. The molecule has 1 aromatic heterocycles. The molecule has 0 radical (unpaired) electrons. The molecule has 0 aliphatic heterocycles. The molecule has 1 atom stereocenters. The minimum absolute atomic E-state index is 0.0798. The molecule has 0 saturated heterocycles. The lowest BCUT2D eigenvalue weighted by atomic mass is 10.0. The molecule has 0 fully saturated rings. The Morgan fingerprint density at radius 1 is 1.47 bits per heavy atom. The van der Waals surface area contributed by atoms with Gasteiger partial charge >= 0.3 is 5.97 Å². The first-order chi connectivity index (χ1) is 8.06. The van der Waals surface area contributed by atoms with Crippen LogP contribution in [0.15, 0.2) is 24.4 Å². The number of aromatic nitrogens is 1. The third kappa shape index (κ3) is 3.82. The Bertz CT molecular complexity index is 352. The summed E-state index contributed by atoms with van der Waals surface area (Å²) in [6, 6.07) is 5.24. The normalized spacial score (nSPS) is 13.0. The number of pyridine rings is 1. The lowest BCUT2D eigenvalue weighted by Gasteiger charge is -2.29. The summed E-state index contributed by atoms with van der Waals surface area (Å²) < 4.78 is 0. The molecule has 0 bridgehead atoms. The van der Waals surface area contributed by atoms with Gasteiger partial charge in [0.2, 0.25) is 0 Å². The van der Waals surface area contributed by atoms with Crippen LogP contribution in [0.25, 0.3) is 0 Å². The van der Waals surface area contributed by atoms with Gasteiger partial charge in [0, 0.05) is 12.7 Å². The molecule has 94 valence electrons. The van der Waals surface area contributed by atoms with Crippen molar-refractivity contribution in [1.29, 1.82) is 0 Å². The van der Waals surface area contributed by atoms with Crippen molar-refractivity contribution in [1.82, 2.24) is 9.88 Å². The quantitative estimate of drug-likeness (QED) is 0.821. The summed E-state index contributed by atoms with van der Waals surface area (Å²) in [5.74, 6) is -0.686. The number of hydrogen-bond donors (Lipinski definition) is 1. The largest absolute Gasteiger partial charge is 0.480 e. The summed E-state index contributed by atoms with van der Waals surface area (Å²) in [5.41, 5.74) is 0.904. The van der Waals surface area contributed by atoms with Gasteiger partial charge in [0.25, 0.3) is 0 Å². The smallest absolute Gasteiger partial charge is 0.321 e. The van der Waals surface area contributed by atoms with E-state index < -0.39 is 12.0 Å². The van der Waals surface area contributed by atoms with E-state index in [0.717, 1.165) is 5.69 Å². The molecule has 0 aliphatic rings. The third-order valence-electron chi connectivity index (χ3n) is 2.78. The highest BCUT2D eigenvalue weighted by atomic mass is 16.4. The van der Waals surface area contributed by atoms with Crippen LogP contribution >= 0.6 is 0 Å². The Morgan fingerprint density at radius 3 is 2.59 bits per heavy atom. The summed E-state index contributed by atoms with van der Waals surface area (Å²) >= 11 is 0. The molecule has 4 heteroatoms. The first kappa shape index (κ1) is 13.6. The van der Waals surface area contributed by atoms with E-state index in [1.807, 2.05) is 43.9 Å². The molecule has 1 heterocycles. The molecule has 1 rings (SSSR count). The fraction of sp³-hybridized carbons (Fsp3) is 0.538. The average molecular weight is 236 g/mol. The number of likely N-dealkylation sites (N-methyl/N-ethyl adjacent to an activating group) is 1. The number of carboxylic acids is 1. The SMILES string of the molecule is CCN(Cc1ccccn1)C(C(=O)O)C(C)C. The molecule has 1 unspecified atom stereocenters. The third-order valence-corrected chi connectivity index (χ3v) is 2.78. The van der Waals surface area contributed by atoms with Crippen LogP contribution < -0.4 is 0 Å². The molecule has 0 amide bonds. The highest BCUT2D eigenvalue weighted by Gasteiger charge is 2.27. The summed E-state index contributed by atoms with van der Waals surface area (Å²) in [6.45, 7) is 7.11. The van der Waals surface area contributed by atoms with E-state index in [4.69, 9.17) is 0 Å². The fourth-order valence-electron chi connectivity index (χ4n) is 1.97. The maximum atomic E-state index is 11.3. The summed E-state index contributed by atoms with van der Waals surface area (Å²) in [7, 11) is 0. The van der Waals surface area contributed by atoms with Crippen molar-refractivity contribution < 1.29 is 9.90 Å². The topological polar surface area (TPSA) is 53.4 Å². The van der Waals surface area contributed by atoms with Crippen LogP contribution in [-0.2, 0) is 11.3 Å². The fourth-order valence-corrected chi connectivity index (χ4v) is 1.97. The first-order valence-corrected chi connectivity index (χ1v) is 5.93. The molecular weight excluding hydrogens is 216 g/mol. The van der Waals surface area contributed by atoms with Crippen molar-refractivity contribution in [2.45, 2.75) is 33.4 Å². The van der Waals surface area contributed by atoms with Crippen molar-refractivity contribution in [3.63, 3.8) is 0 Å². The molecule has 1 aromatic rings. The van der Waals surface area contributed by atoms with Crippen molar-refractivity contribution in [3.8, 4) is 0 Å². The van der Waals surface area contributed by atoms with Crippen molar-refractivity contribution in [2.24, 2.45) is 5.92 Å². The van der Waals surface area contributed by atoms with E-state index in [1.165, 1.54) is 0 Å². The number of hydrogen-bond acceptors (Lipinski definition) is 3. The van der Waals surface area contributed by atoms with Crippen LogP contribution in [0.2, 0.25) is 0 Å². The van der Waals surface area contributed by atoms with Gasteiger partial charge in [-0.1, -0.05) is 26.8 Å². The zero-order valence-electron chi connectivity index (χ0n) is 10.6. The number of nitrogens with zero attached hydrogens (tertiary/aromatic N) is 2. The van der Waals surface area contributed by atoms with Crippen LogP contribution in [-0.4, -0.2) is 33.5 Å². The molecule has 1 N–H and O–H groups in total. The van der Waals surface area contributed by atoms with Gasteiger partial charge in [0.05, 0.1) is 5.69 Å². The van der Waals surface area contributed by atoms with Crippen LogP contribution in [0, 0.1) is 5.92 Å². The van der Waals surface area contributed by atoms with Crippen LogP contribution in [0.4, 0.5) is 0 Å². The average Bonchev–Trinajstić information content (AvgIpc) is 2.28. The molecule has 0 aliphatic carbocycles. The number of carboxylic acid groups (broad SMARTS) is 1. The highest BCUT2D eigenvalue weighted by Crippen LogP contribution is 2.14. The molecular formula is C13H20N2O2. The number of carbonyl (C=O) groups is 1. The van der Waals surface area contributed by atoms with Gasteiger partial charge in [-0.15, -0.1) is 0 Å². The van der Waals surface area contributed by atoms with Crippen LogP contribution in [0.3, 0.4) is 0 Å². The second-order valence-corrected chi connectivity index (χ2v) is 4.41. The Labute approximate surface area is 102 Å². The molecule has 17 heavy (non-hydrogen) atoms. The van der Waals surface area contributed by atoms with Gasteiger partial charge in [0.15, 0.2) is 0 Å². The second kappa shape index (κ2) is 6.35. The summed E-state index contributed by atoms with van der Waals surface area (Å²) in [4.78, 5) is 17.4. The lowest BCUT2D eigenvalue weighted by Crippen LogP contribution is -2.44. The van der Waals surface area contributed by atoms with Gasteiger partial charge in [-0.25, -0.2) is 0 Å². The maximum absolute atomic E-state index is 11.3. The number of aliphatic carboxylic acids is 1. The first-order valence-electron chi connectivity index (χ1n) is 5.93. The van der Waals surface area contributed by atoms with Crippen molar-refractivity contribution >= 4 is 5.97 Å². The van der Waals surface area contributed by atoms with Crippen molar-refractivity contribution in [3.05, 3.63) is 30.1 Å². The lowest BCUT2D eigenvalue weighted by molar-refractivity contribution is -0.145. The van der Waals surface area contributed by atoms with Gasteiger partial charge in [-0.2, -0.15) is 0 Å². The molecule has 0 saturated carbocycles.